The van der Waals surface area contributed by atoms with Crippen molar-refractivity contribution in [2.75, 3.05) is 0 Å². The molecule has 1 aliphatic heterocycles. The summed E-state index contributed by atoms with van der Waals surface area (Å²) in [4.78, 5) is 30.4. The normalized spacial score (nSPS) is 13.8. The van der Waals surface area contributed by atoms with E-state index in [1.165, 1.54) is 0 Å². The molecule has 0 aliphatic carbocycles. The molecule has 0 spiro atoms. The van der Waals surface area contributed by atoms with Crippen molar-refractivity contribution in [1.29, 1.82) is 0 Å². The fraction of sp³-hybridized carbons (Fsp3) is 0.435. The molecular weight excluding hydrogens is 378 g/mol. The molecular formula is C23H35N5O2. The molecule has 0 fully saturated rings. The largest absolute Gasteiger partial charge is 0.332 e. The standard InChI is InChI=1S/C12H18N2O.C9H11N3O.C2H6/c1-5-6-8-14-11(4)13(10(2)3)9-7-12(14)15;1-7(2)11-5-3-8(13)9-10-4-6-12(9)11;1-2/h6-10H,4-5H2,1-3H3;3-7H,1-2H3;1-2H3/b8-6-;;. The van der Waals surface area contributed by atoms with Gasteiger partial charge in [0.1, 0.15) is 5.82 Å². The van der Waals surface area contributed by atoms with Crippen molar-refractivity contribution in [3.63, 3.8) is 0 Å². The zero-order valence-corrected chi connectivity index (χ0v) is 19.2. The van der Waals surface area contributed by atoms with Crippen LogP contribution >= 0.6 is 0 Å². The Morgan fingerprint density at radius 3 is 2.33 bits per heavy atom. The molecule has 0 aromatic carbocycles. The van der Waals surface area contributed by atoms with Crippen LogP contribution in [0.25, 0.3) is 5.65 Å². The third-order valence-electron chi connectivity index (χ3n) is 4.24. The molecule has 0 atom stereocenters. The minimum atomic E-state index is -0.0402. The van der Waals surface area contributed by atoms with Gasteiger partial charge >= 0.3 is 0 Å². The van der Waals surface area contributed by atoms with Crippen molar-refractivity contribution >= 4 is 11.6 Å². The molecule has 2 aromatic heterocycles. The molecule has 0 N–H and O–H groups in total. The van der Waals surface area contributed by atoms with Crippen molar-refractivity contribution < 1.29 is 4.79 Å². The average molecular weight is 414 g/mol. The van der Waals surface area contributed by atoms with E-state index in [0.29, 0.717) is 23.6 Å². The first kappa shape index (κ1) is 24.9. The van der Waals surface area contributed by atoms with Gasteiger partial charge in [0.15, 0.2) is 5.65 Å². The fourth-order valence-corrected chi connectivity index (χ4v) is 2.77. The van der Waals surface area contributed by atoms with Gasteiger partial charge in [0, 0.05) is 55.2 Å². The lowest BCUT2D eigenvalue weighted by molar-refractivity contribution is -0.123. The number of aromatic nitrogens is 3. The Morgan fingerprint density at radius 2 is 1.77 bits per heavy atom. The van der Waals surface area contributed by atoms with Gasteiger partial charge in [-0.05, 0) is 34.1 Å². The topological polar surface area (TPSA) is 62.9 Å². The van der Waals surface area contributed by atoms with Gasteiger partial charge in [0.25, 0.3) is 5.91 Å². The minimum absolute atomic E-state index is 0.0399. The summed E-state index contributed by atoms with van der Waals surface area (Å²) in [5.74, 6) is 0.670. The SMILES string of the molecule is C=C1N(/C=C\CC)C(=O)C=CN1C(C)C.CC.CC(C)n1ccc(=O)c2nccn21. The molecule has 0 unspecified atom stereocenters. The fourth-order valence-electron chi connectivity index (χ4n) is 2.77. The highest BCUT2D eigenvalue weighted by Crippen LogP contribution is 2.19. The molecule has 1 aliphatic rings. The molecule has 0 bridgehead atoms. The van der Waals surface area contributed by atoms with Gasteiger partial charge in [0.05, 0.1) is 0 Å². The van der Waals surface area contributed by atoms with E-state index < -0.39 is 0 Å². The second-order valence-corrected chi connectivity index (χ2v) is 6.98. The Balaban J connectivity index is 0.000000279. The lowest BCUT2D eigenvalue weighted by atomic mass is 10.3. The number of imidazole rings is 1. The summed E-state index contributed by atoms with van der Waals surface area (Å²) in [6.07, 6.45) is 13.2. The molecule has 30 heavy (non-hydrogen) atoms. The first-order valence-corrected chi connectivity index (χ1v) is 10.5. The first-order chi connectivity index (χ1) is 14.3. The number of nitrogens with zero attached hydrogens (tertiary/aromatic N) is 5. The van der Waals surface area contributed by atoms with Crippen LogP contribution in [0.1, 0.15) is 60.9 Å². The van der Waals surface area contributed by atoms with E-state index >= 15 is 0 Å². The Hall–Kier alpha value is -3.09. The summed E-state index contributed by atoms with van der Waals surface area (Å²) in [5, 5.41) is 0. The van der Waals surface area contributed by atoms with E-state index in [0.717, 1.165) is 6.42 Å². The lowest BCUT2D eigenvalue weighted by Crippen LogP contribution is -2.39. The zero-order chi connectivity index (χ0) is 22.8. The average Bonchev–Trinajstić information content (AvgIpc) is 3.20. The van der Waals surface area contributed by atoms with Crippen LogP contribution in [-0.2, 0) is 4.79 Å². The molecule has 2 aromatic rings. The lowest BCUT2D eigenvalue weighted by Gasteiger charge is -2.35. The third kappa shape index (κ3) is 5.95. The summed E-state index contributed by atoms with van der Waals surface area (Å²) >= 11 is 0. The van der Waals surface area contributed by atoms with Crippen LogP contribution in [-0.4, -0.2) is 35.9 Å². The maximum absolute atomic E-state index is 11.6. The van der Waals surface area contributed by atoms with Crippen molar-refractivity contribution in [1.82, 2.24) is 24.0 Å². The molecule has 1 amide bonds. The van der Waals surface area contributed by atoms with E-state index in [-0.39, 0.29) is 11.3 Å². The van der Waals surface area contributed by atoms with Crippen LogP contribution in [0.15, 0.2) is 66.4 Å². The number of amides is 1. The van der Waals surface area contributed by atoms with Gasteiger partial charge in [-0.15, -0.1) is 0 Å². The first-order valence-electron chi connectivity index (χ1n) is 10.5. The number of carbonyl (C=O) groups excluding carboxylic acids is 1. The molecule has 3 rings (SSSR count). The summed E-state index contributed by atoms with van der Waals surface area (Å²) in [6, 6.07) is 2.17. The van der Waals surface area contributed by atoms with Crippen LogP contribution in [0.5, 0.6) is 0 Å². The van der Waals surface area contributed by atoms with E-state index in [1.807, 2.05) is 36.4 Å². The van der Waals surface area contributed by atoms with Gasteiger partial charge < -0.3 is 4.90 Å². The van der Waals surface area contributed by atoms with E-state index in [9.17, 15) is 9.59 Å². The van der Waals surface area contributed by atoms with Crippen LogP contribution < -0.4 is 5.43 Å². The van der Waals surface area contributed by atoms with Gasteiger partial charge in [-0.25, -0.2) is 9.50 Å². The molecule has 7 nitrogen and oxygen atoms in total. The van der Waals surface area contributed by atoms with Crippen molar-refractivity contribution in [3.8, 4) is 0 Å². The number of fused-ring (bicyclic) bond motifs is 1. The monoisotopic (exact) mass is 413 g/mol. The molecule has 3 heterocycles. The van der Waals surface area contributed by atoms with Crippen molar-refractivity contribution in [2.24, 2.45) is 0 Å². The van der Waals surface area contributed by atoms with E-state index in [2.05, 4.69) is 39.3 Å². The summed E-state index contributed by atoms with van der Waals surface area (Å²) < 4.78 is 3.73. The van der Waals surface area contributed by atoms with E-state index in [1.54, 1.807) is 52.5 Å². The highest BCUT2D eigenvalue weighted by Gasteiger charge is 2.22. The summed E-state index contributed by atoms with van der Waals surface area (Å²) in [5.41, 5.74) is 0.443. The molecule has 0 radical (unpaired) electrons. The summed E-state index contributed by atoms with van der Waals surface area (Å²) in [6.45, 7) is 18.2. The second-order valence-electron chi connectivity index (χ2n) is 6.98. The maximum atomic E-state index is 11.6. The van der Waals surface area contributed by atoms with Crippen LogP contribution in [0.3, 0.4) is 0 Å². The van der Waals surface area contributed by atoms with E-state index in [4.69, 9.17) is 0 Å². The minimum Gasteiger partial charge on any atom is -0.332 e. The molecule has 7 heteroatoms. The number of carbonyl (C=O) groups is 1. The summed E-state index contributed by atoms with van der Waals surface area (Å²) in [7, 11) is 0. The molecule has 0 saturated heterocycles. The Labute approximate surface area is 179 Å². The van der Waals surface area contributed by atoms with Crippen LogP contribution in [0.2, 0.25) is 0 Å². The van der Waals surface area contributed by atoms with Gasteiger partial charge in [-0.2, -0.15) is 0 Å². The van der Waals surface area contributed by atoms with Gasteiger partial charge in [-0.1, -0.05) is 33.4 Å². The Bertz CT molecular complexity index is 950. The smallest absolute Gasteiger partial charge is 0.257 e. The number of rotatable bonds is 4. The Morgan fingerprint density at radius 1 is 1.10 bits per heavy atom. The van der Waals surface area contributed by atoms with Crippen molar-refractivity contribution in [3.05, 3.63) is 71.8 Å². The van der Waals surface area contributed by atoms with Gasteiger partial charge in [-0.3, -0.25) is 19.2 Å². The highest BCUT2D eigenvalue weighted by atomic mass is 16.2. The zero-order valence-electron chi connectivity index (χ0n) is 19.2. The Kier molecular flexibility index (Phi) is 9.81. The van der Waals surface area contributed by atoms with Crippen molar-refractivity contribution in [2.45, 2.75) is 67.0 Å². The predicted molar refractivity (Wildman–Crippen MR) is 123 cm³/mol. The molecule has 0 saturated carbocycles. The number of hydrogen-bond donors (Lipinski definition) is 0. The maximum Gasteiger partial charge on any atom is 0.257 e. The quantitative estimate of drug-likeness (QED) is 0.738. The third-order valence-corrected chi connectivity index (χ3v) is 4.24. The van der Waals surface area contributed by atoms with Crippen LogP contribution in [0, 0.1) is 0 Å². The number of hydrogen-bond acceptors (Lipinski definition) is 4. The predicted octanol–water partition coefficient (Wildman–Crippen LogP) is 4.55. The highest BCUT2D eigenvalue weighted by molar-refractivity contribution is 5.90. The van der Waals surface area contributed by atoms with Crippen LogP contribution in [0.4, 0.5) is 0 Å². The van der Waals surface area contributed by atoms with Gasteiger partial charge in [0.2, 0.25) is 5.43 Å². The number of allylic oxidation sites excluding steroid dienone is 1. The molecule has 164 valence electrons. The second kappa shape index (κ2) is 11.8.